The Kier molecular flexibility index (Phi) is 8.26. The largest absolute Gasteiger partial charge is 0.445 e. The molecule has 0 unspecified atom stereocenters. The smallest absolute Gasteiger partial charge is 0.407 e. The molecule has 2 aliphatic rings. The lowest BCUT2D eigenvalue weighted by atomic mass is 9.70. The molecule has 2 amide bonds. The van der Waals surface area contributed by atoms with Crippen LogP contribution in [0.5, 0.6) is 0 Å². The summed E-state index contributed by atoms with van der Waals surface area (Å²) in [5.74, 6) is 0.497. The van der Waals surface area contributed by atoms with E-state index in [9.17, 15) is 9.59 Å². The molecule has 2 aromatic carbocycles. The van der Waals surface area contributed by atoms with Crippen molar-refractivity contribution in [2.45, 2.75) is 76.5 Å². The fraction of sp³-hybridized carbons (Fsp3) is 0.469. The summed E-state index contributed by atoms with van der Waals surface area (Å²) in [6.07, 6.45) is 4.21. The summed E-state index contributed by atoms with van der Waals surface area (Å²) in [4.78, 5) is 27.7. The lowest BCUT2D eigenvalue weighted by molar-refractivity contribution is -0.116. The Hall–Kier alpha value is -3.65. The second kappa shape index (κ2) is 11.8. The van der Waals surface area contributed by atoms with Crippen molar-refractivity contribution in [2.24, 2.45) is 0 Å². The number of anilines is 1. The Morgan fingerprint density at radius 3 is 2.27 bits per heavy atom. The van der Waals surface area contributed by atoms with Crippen molar-refractivity contribution in [3.05, 3.63) is 83.6 Å². The predicted octanol–water partition coefficient (Wildman–Crippen LogP) is 5.44. The third-order valence-electron chi connectivity index (χ3n) is 7.98. The topological polar surface area (TPSA) is 88.5 Å². The highest BCUT2D eigenvalue weighted by Crippen LogP contribution is 2.44. The Bertz CT molecular complexity index is 1290. The van der Waals surface area contributed by atoms with Crippen molar-refractivity contribution in [2.75, 3.05) is 25.0 Å². The number of nitrogens with zero attached hydrogens (tertiary/aromatic N) is 3. The Labute approximate surface area is 237 Å². The average molecular weight is 544 g/mol. The van der Waals surface area contributed by atoms with Gasteiger partial charge in [-0.05, 0) is 70.7 Å². The molecule has 0 atom stereocenters. The zero-order valence-corrected chi connectivity index (χ0v) is 23.9. The molecule has 1 aromatic heterocycles. The van der Waals surface area contributed by atoms with E-state index in [2.05, 4.69) is 72.7 Å². The van der Waals surface area contributed by atoms with Gasteiger partial charge in [-0.2, -0.15) is 5.10 Å². The molecule has 0 bridgehead atoms. The number of nitrogens with one attached hydrogen (secondary N) is 2. The molecule has 2 fully saturated rings. The van der Waals surface area contributed by atoms with Gasteiger partial charge in [0.15, 0.2) is 0 Å². The number of rotatable bonds is 9. The summed E-state index contributed by atoms with van der Waals surface area (Å²) in [7, 11) is 0. The zero-order valence-electron chi connectivity index (χ0n) is 23.9. The van der Waals surface area contributed by atoms with Gasteiger partial charge in [0.25, 0.3) is 0 Å². The number of benzene rings is 2. The molecule has 8 nitrogen and oxygen atoms in total. The molecule has 212 valence electrons. The number of hydrogen-bond donors (Lipinski definition) is 2. The summed E-state index contributed by atoms with van der Waals surface area (Å²) in [5.41, 5.74) is 2.66. The van der Waals surface area contributed by atoms with Crippen LogP contribution >= 0.6 is 0 Å². The lowest BCUT2D eigenvalue weighted by Crippen LogP contribution is -2.44. The summed E-state index contributed by atoms with van der Waals surface area (Å²) in [6, 6.07) is 23.0. The van der Waals surface area contributed by atoms with Crippen LogP contribution in [0.15, 0.2) is 66.7 Å². The first-order valence-corrected chi connectivity index (χ1v) is 14.4. The normalized spacial score (nSPS) is 17.3. The first-order valence-electron chi connectivity index (χ1n) is 14.4. The molecule has 1 aliphatic carbocycles. The molecule has 1 saturated carbocycles. The van der Waals surface area contributed by atoms with Crippen molar-refractivity contribution in [1.82, 2.24) is 20.0 Å². The van der Waals surface area contributed by atoms with E-state index in [-0.39, 0.29) is 36.4 Å². The van der Waals surface area contributed by atoms with Crippen LogP contribution in [0.3, 0.4) is 0 Å². The first kappa shape index (κ1) is 27.9. The number of likely N-dealkylation sites (tertiary alicyclic amines) is 1. The number of carbonyl (C=O) groups is 2. The third-order valence-corrected chi connectivity index (χ3v) is 7.98. The number of hydrogen-bond acceptors (Lipinski definition) is 5. The third kappa shape index (κ3) is 6.55. The monoisotopic (exact) mass is 543 g/mol. The van der Waals surface area contributed by atoms with Gasteiger partial charge in [-0.1, -0.05) is 60.7 Å². The standard InChI is InChI=1S/C32H41N5O3/c1-31(2,3)37-28(34-29(38)16-19-33-30(39)40-23-24-10-6-4-7-11-24)22-27(35-37)32(25-12-8-5-9-13-25)17-20-36(21-18-32)26-14-15-26/h4-13,22,26H,14-21,23H2,1-3H3,(H,33,39)(H,34,38). The number of aromatic nitrogens is 2. The van der Waals surface area contributed by atoms with Crippen LogP contribution in [0.25, 0.3) is 0 Å². The number of piperidine rings is 1. The Balaban J connectivity index is 1.26. The minimum atomic E-state index is -0.541. The Morgan fingerprint density at radius 1 is 1.00 bits per heavy atom. The molecule has 1 saturated heterocycles. The van der Waals surface area contributed by atoms with Crippen LogP contribution in [0.1, 0.15) is 69.7 Å². The van der Waals surface area contributed by atoms with Crippen LogP contribution in [-0.4, -0.2) is 52.4 Å². The van der Waals surface area contributed by atoms with E-state index in [1.807, 2.05) is 35.0 Å². The summed E-state index contributed by atoms with van der Waals surface area (Å²) in [6.45, 7) is 8.75. The van der Waals surface area contributed by atoms with E-state index in [4.69, 9.17) is 9.84 Å². The number of carbonyl (C=O) groups excluding carboxylic acids is 2. The molecule has 0 radical (unpaired) electrons. The summed E-state index contributed by atoms with van der Waals surface area (Å²) >= 11 is 0. The first-order chi connectivity index (χ1) is 19.2. The number of amides is 2. The lowest BCUT2D eigenvalue weighted by Gasteiger charge is -2.41. The number of ether oxygens (including phenoxy) is 1. The van der Waals surface area contributed by atoms with Crippen LogP contribution < -0.4 is 10.6 Å². The number of alkyl carbamates (subject to hydrolysis) is 1. The van der Waals surface area contributed by atoms with Gasteiger partial charge >= 0.3 is 6.09 Å². The molecule has 5 rings (SSSR count). The molecule has 2 heterocycles. The van der Waals surface area contributed by atoms with Crippen molar-refractivity contribution < 1.29 is 14.3 Å². The van der Waals surface area contributed by atoms with E-state index in [0.717, 1.165) is 43.2 Å². The molecule has 8 heteroatoms. The molecule has 3 aromatic rings. The second-order valence-electron chi connectivity index (χ2n) is 12.0. The minimum absolute atomic E-state index is 0.130. The maximum atomic E-state index is 13.0. The van der Waals surface area contributed by atoms with Gasteiger partial charge in [-0.25, -0.2) is 9.48 Å². The molecule has 1 aliphatic heterocycles. The van der Waals surface area contributed by atoms with Crippen molar-refractivity contribution in [3.8, 4) is 0 Å². The van der Waals surface area contributed by atoms with Gasteiger partial charge in [-0.3, -0.25) is 4.79 Å². The predicted molar refractivity (Wildman–Crippen MR) is 156 cm³/mol. The van der Waals surface area contributed by atoms with Gasteiger partial charge in [-0.15, -0.1) is 0 Å². The maximum absolute atomic E-state index is 13.0. The summed E-state index contributed by atoms with van der Waals surface area (Å²) < 4.78 is 7.17. The van der Waals surface area contributed by atoms with Crippen molar-refractivity contribution in [1.29, 1.82) is 0 Å². The second-order valence-corrected chi connectivity index (χ2v) is 12.0. The SMILES string of the molecule is CC(C)(C)n1nc(C2(c3ccccc3)CCN(C3CC3)CC2)cc1NC(=O)CCNC(=O)OCc1ccccc1. The van der Waals surface area contributed by atoms with E-state index in [1.165, 1.54) is 18.4 Å². The maximum Gasteiger partial charge on any atom is 0.407 e. The molecule has 2 N–H and O–H groups in total. The van der Waals surface area contributed by atoms with Gasteiger partial charge < -0.3 is 20.3 Å². The fourth-order valence-electron chi connectivity index (χ4n) is 5.63. The van der Waals surface area contributed by atoms with Crippen LogP contribution in [0.4, 0.5) is 10.6 Å². The minimum Gasteiger partial charge on any atom is -0.445 e. The highest BCUT2D eigenvalue weighted by Gasteiger charge is 2.43. The van der Waals surface area contributed by atoms with Crippen LogP contribution in [0.2, 0.25) is 0 Å². The van der Waals surface area contributed by atoms with Gasteiger partial charge in [0, 0.05) is 30.5 Å². The van der Waals surface area contributed by atoms with Crippen molar-refractivity contribution >= 4 is 17.8 Å². The van der Waals surface area contributed by atoms with E-state index < -0.39 is 6.09 Å². The quantitative estimate of drug-likeness (QED) is 0.375. The molecular formula is C32H41N5O3. The van der Waals surface area contributed by atoms with Gasteiger partial charge in [0.1, 0.15) is 12.4 Å². The zero-order chi connectivity index (χ0) is 28.2. The van der Waals surface area contributed by atoms with E-state index in [0.29, 0.717) is 5.82 Å². The van der Waals surface area contributed by atoms with E-state index in [1.54, 1.807) is 0 Å². The molecule has 40 heavy (non-hydrogen) atoms. The highest BCUT2D eigenvalue weighted by atomic mass is 16.5. The molecule has 0 spiro atoms. The van der Waals surface area contributed by atoms with Crippen LogP contribution in [0, 0.1) is 0 Å². The van der Waals surface area contributed by atoms with E-state index >= 15 is 0 Å². The van der Waals surface area contributed by atoms with Gasteiger partial charge in [0.05, 0.1) is 11.2 Å². The van der Waals surface area contributed by atoms with Crippen LogP contribution in [-0.2, 0) is 27.1 Å². The fourth-order valence-corrected chi connectivity index (χ4v) is 5.63. The van der Waals surface area contributed by atoms with Crippen molar-refractivity contribution in [3.63, 3.8) is 0 Å². The summed E-state index contributed by atoms with van der Waals surface area (Å²) in [5, 5.41) is 10.9. The average Bonchev–Trinajstić information content (AvgIpc) is 3.71. The Morgan fingerprint density at radius 2 is 1.65 bits per heavy atom. The van der Waals surface area contributed by atoms with Gasteiger partial charge in [0.2, 0.25) is 5.91 Å². The molecular weight excluding hydrogens is 502 g/mol. The highest BCUT2D eigenvalue weighted by molar-refractivity contribution is 5.90.